The maximum atomic E-state index is 9.96. The highest BCUT2D eigenvalue weighted by atomic mass is 35.5. The molecule has 0 aromatic carbocycles. The third-order valence-electron chi connectivity index (χ3n) is 8.09. The van der Waals surface area contributed by atoms with Gasteiger partial charge in [-0.25, -0.2) is 4.98 Å². The minimum Gasteiger partial charge on any atom is -0.476 e. The Labute approximate surface area is 233 Å². The van der Waals surface area contributed by atoms with Gasteiger partial charge in [-0.2, -0.15) is 10.2 Å². The van der Waals surface area contributed by atoms with Crippen molar-refractivity contribution in [3.8, 4) is 23.5 Å². The Morgan fingerprint density at radius 2 is 2.05 bits per heavy atom. The lowest BCUT2D eigenvalue weighted by Crippen LogP contribution is -2.32. The van der Waals surface area contributed by atoms with Crippen LogP contribution in [0.3, 0.4) is 0 Å². The molecule has 3 aromatic heterocycles. The Kier molecular flexibility index (Phi) is 7.94. The Hall–Kier alpha value is -2.67. The second-order valence-corrected chi connectivity index (χ2v) is 11.7. The van der Waals surface area contributed by atoms with Crippen LogP contribution < -0.4 is 10.5 Å². The van der Waals surface area contributed by atoms with Gasteiger partial charge in [-0.05, 0) is 70.5 Å². The molecule has 2 unspecified atom stereocenters. The first kappa shape index (κ1) is 26.9. The van der Waals surface area contributed by atoms with Crippen LogP contribution in [0, 0.1) is 11.3 Å². The molecule has 2 atom stereocenters. The van der Waals surface area contributed by atoms with Crippen LogP contribution in [0.25, 0.3) is 11.5 Å². The van der Waals surface area contributed by atoms with Gasteiger partial charge in [0.15, 0.2) is 17.3 Å². The van der Waals surface area contributed by atoms with E-state index in [2.05, 4.69) is 33.1 Å². The zero-order chi connectivity index (χ0) is 26.9. The number of anilines is 1. The van der Waals surface area contributed by atoms with E-state index >= 15 is 0 Å². The fourth-order valence-corrected chi connectivity index (χ4v) is 7.66. The van der Waals surface area contributed by atoms with Crippen molar-refractivity contribution in [2.24, 2.45) is 0 Å². The highest BCUT2D eigenvalue weighted by Gasteiger charge is 2.47. The number of halogens is 1. The number of likely N-dealkylation sites (N-methyl/N-ethyl adjacent to an activating group) is 1. The average molecular weight is 555 g/mol. The maximum Gasteiger partial charge on any atom is 0.218 e. The van der Waals surface area contributed by atoms with Crippen molar-refractivity contribution in [2.45, 2.75) is 83.1 Å². The number of aromatic nitrogens is 3. The van der Waals surface area contributed by atoms with Crippen LogP contribution in [0.2, 0.25) is 5.15 Å². The SMILES string of the molecule is CC.CN1CCCC1COc1cc(Cl)nc(-c2noc3c2CCCCC32CCCc3sc(N)c(C#N)c32)n1. The van der Waals surface area contributed by atoms with Crippen LogP contribution >= 0.6 is 22.9 Å². The van der Waals surface area contributed by atoms with Gasteiger partial charge in [-0.15, -0.1) is 11.3 Å². The smallest absolute Gasteiger partial charge is 0.218 e. The van der Waals surface area contributed by atoms with Crippen molar-refractivity contribution < 1.29 is 9.26 Å². The van der Waals surface area contributed by atoms with E-state index < -0.39 is 5.41 Å². The molecule has 3 aromatic rings. The number of nitriles is 1. The molecule has 2 aliphatic carbocycles. The molecule has 38 heavy (non-hydrogen) atoms. The lowest BCUT2D eigenvalue weighted by Gasteiger charge is -2.35. The number of hydrogen-bond donors (Lipinski definition) is 1. The number of nitrogens with two attached hydrogens (primary N) is 1. The predicted octanol–water partition coefficient (Wildman–Crippen LogP) is 6.15. The normalized spacial score (nSPS) is 22.7. The number of aryl methyl sites for hydroxylation is 1. The minimum absolute atomic E-state index is 0.312. The Balaban J connectivity index is 0.00000144. The van der Waals surface area contributed by atoms with Gasteiger partial charge in [0, 0.05) is 22.5 Å². The lowest BCUT2D eigenvalue weighted by atomic mass is 9.66. The summed E-state index contributed by atoms with van der Waals surface area (Å²) in [5, 5.41) is 15.4. The molecule has 202 valence electrons. The van der Waals surface area contributed by atoms with E-state index in [4.69, 9.17) is 26.6 Å². The lowest BCUT2D eigenvalue weighted by molar-refractivity contribution is 0.193. The molecule has 1 fully saturated rings. The van der Waals surface area contributed by atoms with Crippen molar-refractivity contribution in [3.63, 3.8) is 0 Å². The van der Waals surface area contributed by atoms with E-state index in [1.54, 1.807) is 17.4 Å². The summed E-state index contributed by atoms with van der Waals surface area (Å²) in [6.45, 7) is 5.64. The summed E-state index contributed by atoms with van der Waals surface area (Å²) >= 11 is 7.95. The number of nitrogens with zero attached hydrogens (tertiary/aromatic N) is 5. The van der Waals surface area contributed by atoms with Crippen LogP contribution in [-0.2, 0) is 18.3 Å². The molecule has 0 saturated carbocycles. The number of likely N-dealkylation sites (tertiary alicyclic amines) is 1. The number of fused-ring (bicyclic) bond motifs is 4. The van der Waals surface area contributed by atoms with Crippen LogP contribution in [0.5, 0.6) is 5.88 Å². The van der Waals surface area contributed by atoms with Crippen molar-refractivity contribution in [2.75, 3.05) is 25.9 Å². The molecule has 10 heteroatoms. The van der Waals surface area contributed by atoms with Crippen molar-refractivity contribution in [1.29, 1.82) is 5.26 Å². The summed E-state index contributed by atoms with van der Waals surface area (Å²) in [5.41, 5.74) is 9.19. The van der Waals surface area contributed by atoms with Gasteiger partial charge in [-0.3, -0.25) is 0 Å². The van der Waals surface area contributed by atoms with Crippen LogP contribution in [0.15, 0.2) is 10.6 Å². The van der Waals surface area contributed by atoms with Crippen molar-refractivity contribution in [3.05, 3.63) is 38.5 Å². The standard InChI is InChI=1S/C26H29ClN6O2S.C2H6/c1-33-11-5-6-15(33)14-34-20-12-19(27)30-25(31-20)22-16-7-2-3-9-26(23(16)35-32-22)10-4-8-18-21(26)17(13-28)24(29)36-18;1-2/h12,15H,2-11,14,29H2,1H3;1-2H3. The van der Waals surface area contributed by atoms with Crippen molar-refractivity contribution in [1.82, 2.24) is 20.0 Å². The van der Waals surface area contributed by atoms with Gasteiger partial charge in [0.2, 0.25) is 5.88 Å². The predicted molar refractivity (Wildman–Crippen MR) is 150 cm³/mol. The minimum atomic E-state index is -0.394. The Morgan fingerprint density at radius 1 is 1.24 bits per heavy atom. The molecule has 0 bridgehead atoms. The van der Waals surface area contributed by atoms with E-state index in [1.807, 2.05) is 13.8 Å². The quantitative estimate of drug-likeness (QED) is 0.382. The first-order valence-corrected chi connectivity index (χ1v) is 14.9. The molecule has 1 aliphatic heterocycles. The molecule has 2 N–H and O–H groups in total. The second kappa shape index (κ2) is 11.2. The van der Waals surface area contributed by atoms with Gasteiger partial charge < -0.3 is 19.9 Å². The Morgan fingerprint density at radius 3 is 2.82 bits per heavy atom. The molecular formula is C28H35ClN6O2S. The van der Waals surface area contributed by atoms with Gasteiger partial charge in [0.05, 0.1) is 11.0 Å². The van der Waals surface area contributed by atoms with E-state index in [0.29, 0.717) is 45.8 Å². The third-order valence-corrected chi connectivity index (χ3v) is 9.36. The summed E-state index contributed by atoms with van der Waals surface area (Å²) in [7, 11) is 2.12. The third kappa shape index (κ3) is 4.67. The molecule has 1 saturated heterocycles. The average Bonchev–Trinajstić information content (AvgIpc) is 3.59. The van der Waals surface area contributed by atoms with Gasteiger partial charge >= 0.3 is 0 Å². The van der Waals surface area contributed by atoms with Gasteiger partial charge in [0.1, 0.15) is 22.8 Å². The molecule has 4 heterocycles. The van der Waals surface area contributed by atoms with E-state index in [9.17, 15) is 5.26 Å². The number of hydrogen-bond acceptors (Lipinski definition) is 9. The maximum absolute atomic E-state index is 9.96. The second-order valence-electron chi connectivity index (χ2n) is 10.2. The Bertz CT molecular complexity index is 1350. The van der Waals surface area contributed by atoms with E-state index in [-0.39, 0.29) is 0 Å². The molecule has 8 nitrogen and oxygen atoms in total. The van der Waals surface area contributed by atoms with Crippen LogP contribution in [0.4, 0.5) is 5.00 Å². The monoisotopic (exact) mass is 554 g/mol. The van der Waals surface area contributed by atoms with E-state index in [0.717, 1.165) is 74.8 Å². The highest BCUT2D eigenvalue weighted by molar-refractivity contribution is 7.16. The zero-order valence-corrected chi connectivity index (χ0v) is 23.9. The van der Waals surface area contributed by atoms with Gasteiger partial charge in [0.25, 0.3) is 0 Å². The molecule has 0 radical (unpaired) electrons. The number of nitrogen functional groups attached to an aromatic ring is 1. The summed E-state index contributed by atoms with van der Waals surface area (Å²) in [6, 6.07) is 4.41. The molecule has 6 rings (SSSR count). The van der Waals surface area contributed by atoms with Gasteiger partial charge in [-0.1, -0.05) is 37.0 Å². The fourth-order valence-electron chi connectivity index (χ4n) is 6.33. The van der Waals surface area contributed by atoms with Crippen molar-refractivity contribution >= 4 is 27.9 Å². The largest absolute Gasteiger partial charge is 0.476 e. The van der Waals surface area contributed by atoms with E-state index in [1.165, 1.54) is 11.3 Å². The number of thiophene rings is 1. The topological polar surface area (TPSA) is 114 Å². The molecular weight excluding hydrogens is 520 g/mol. The van der Waals surface area contributed by atoms with Crippen LogP contribution in [-0.4, -0.2) is 46.3 Å². The number of ether oxygens (including phenoxy) is 1. The summed E-state index contributed by atoms with van der Waals surface area (Å²) < 4.78 is 12.2. The summed E-state index contributed by atoms with van der Waals surface area (Å²) in [4.78, 5) is 12.7. The molecule has 1 spiro atoms. The zero-order valence-electron chi connectivity index (χ0n) is 22.3. The summed E-state index contributed by atoms with van der Waals surface area (Å²) in [5.74, 6) is 1.70. The molecule has 0 amide bonds. The molecule has 3 aliphatic rings. The highest BCUT2D eigenvalue weighted by Crippen LogP contribution is 2.54. The number of rotatable bonds is 4. The summed E-state index contributed by atoms with van der Waals surface area (Å²) in [6.07, 6.45) is 8.91. The first-order valence-electron chi connectivity index (χ1n) is 13.7. The van der Waals surface area contributed by atoms with Crippen LogP contribution in [0.1, 0.15) is 86.1 Å². The fraction of sp³-hybridized carbons (Fsp3) is 0.571. The first-order chi connectivity index (χ1) is 18.5.